The highest BCUT2D eigenvalue weighted by Crippen LogP contribution is 2.08. The molecule has 0 radical (unpaired) electrons. The quantitative estimate of drug-likeness (QED) is 0.524. The number of hydrogen-bond acceptors (Lipinski definition) is 1. The summed E-state index contributed by atoms with van der Waals surface area (Å²) in [5.74, 6) is 0. The maximum Gasteiger partial charge on any atom is 0.0357 e. The van der Waals surface area contributed by atoms with Crippen LogP contribution in [0.3, 0.4) is 0 Å². The van der Waals surface area contributed by atoms with Gasteiger partial charge in [-0.1, -0.05) is 32.1 Å². The van der Waals surface area contributed by atoms with E-state index in [-0.39, 0.29) is 0 Å². The van der Waals surface area contributed by atoms with Gasteiger partial charge in [-0.3, -0.25) is 0 Å². The molecule has 0 rings (SSSR count). The lowest BCUT2D eigenvalue weighted by atomic mass is 10.2. The van der Waals surface area contributed by atoms with Gasteiger partial charge >= 0.3 is 0 Å². The van der Waals surface area contributed by atoms with Crippen molar-refractivity contribution in [1.82, 2.24) is 4.90 Å². The summed E-state index contributed by atoms with van der Waals surface area (Å²) in [6, 6.07) is 0. The molecule has 0 unspecified atom stereocenters. The zero-order chi connectivity index (χ0) is 9.40. The Balaban J connectivity index is 3.97. The highest BCUT2D eigenvalue weighted by molar-refractivity contribution is 4.98. The van der Waals surface area contributed by atoms with E-state index in [2.05, 4.69) is 31.6 Å². The Morgan fingerprint density at radius 1 is 1.25 bits per heavy atom. The van der Waals surface area contributed by atoms with E-state index in [1.165, 1.54) is 5.70 Å². The van der Waals surface area contributed by atoms with Crippen LogP contribution >= 0.6 is 0 Å². The van der Waals surface area contributed by atoms with Crippen molar-refractivity contribution in [3.05, 3.63) is 37.6 Å². The smallest absolute Gasteiger partial charge is 0.0357 e. The molecule has 1 nitrogen and oxygen atoms in total. The van der Waals surface area contributed by atoms with Gasteiger partial charge in [0.05, 0.1) is 0 Å². The normalized spacial score (nSPS) is 9.08. The molecular formula is C11H19N. The Morgan fingerprint density at radius 2 is 1.75 bits per heavy atom. The fourth-order valence-corrected chi connectivity index (χ4v) is 1.09. The maximum atomic E-state index is 4.01. The topological polar surface area (TPSA) is 3.24 Å². The van der Waals surface area contributed by atoms with Gasteiger partial charge in [-0.2, -0.15) is 0 Å². The first-order valence-corrected chi connectivity index (χ1v) is 4.40. The van der Waals surface area contributed by atoms with Crippen molar-refractivity contribution in [2.75, 3.05) is 13.1 Å². The van der Waals surface area contributed by atoms with Crippen molar-refractivity contribution >= 4 is 0 Å². The average molecular weight is 165 g/mol. The highest BCUT2D eigenvalue weighted by atomic mass is 15.1. The van der Waals surface area contributed by atoms with E-state index in [9.17, 15) is 0 Å². The number of allylic oxidation sites excluding steroid dienone is 1. The molecule has 0 fully saturated rings. The predicted octanol–water partition coefficient (Wildman–Crippen LogP) is 2.97. The molecule has 1 heteroatoms. The standard InChI is InChI=1S/C11H19N/c1-5-8-11(4)12(9-6-2)10-7-3/h6-7H,2-5,8-10H2,1H3. The first-order valence-electron chi connectivity index (χ1n) is 4.40. The predicted molar refractivity (Wildman–Crippen MR) is 56.0 cm³/mol. The molecule has 68 valence electrons. The highest BCUT2D eigenvalue weighted by Gasteiger charge is 2.01. The Labute approximate surface area is 76.1 Å². The summed E-state index contributed by atoms with van der Waals surface area (Å²) in [4.78, 5) is 2.18. The third kappa shape index (κ3) is 4.02. The maximum absolute atomic E-state index is 4.01. The van der Waals surface area contributed by atoms with E-state index in [1.807, 2.05) is 12.2 Å². The molecule has 0 aliphatic heterocycles. The summed E-state index contributed by atoms with van der Waals surface area (Å²) in [6.07, 6.45) is 5.99. The molecule has 0 aliphatic rings. The minimum absolute atomic E-state index is 0.866. The van der Waals surface area contributed by atoms with Gasteiger partial charge in [0, 0.05) is 18.8 Å². The molecule has 0 amide bonds. The Kier molecular flexibility index (Phi) is 6.16. The summed E-state index contributed by atoms with van der Waals surface area (Å²) >= 11 is 0. The van der Waals surface area contributed by atoms with Gasteiger partial charge in [0.25, 0.3) is 0 Å². The van der Waals surface area contributed by atoms with Crippen LogP contribution in [0.1, 0.15) is 19.8 Å². The van der Waals surface area contributed by atoms with Crippen molar-refractivity contribution in [2.24, 2.45) is 0 Å². The number of hydrogen-bond donors (Lipinski definition) is 0. The van der Waals surface area contributed by atoms with Crippen LogP contribution in [-0.4, -0.2) is 18.0 Å². The summed E-state index contributed by atoms with van der Waals surface area (Å²) in [5, 5.41) is 0. The second kappa shape index (κ2) is 6.71. The van der Waals surface area contributed by atoms with Gasteiger partial charge in [-0.15, -0.1) is 13.2 Å². The fourth-order valence-electron chi connectivity index (χ4n) is 1.09. The van der Waals surface area contributed by atoms with Crippen LogP contribution in [0.4, 0.5) is 0 Å². The lowest BCUT2D eigenvalue weighted by molar-refractivity contribution is 0.405. The summed E-state index contributed by atoms with van der Waals surface area (Å²) in [5.41, 5.74) is 1.18. The largest absolute Gasteiger partial charge is 0.368 e. The van der Waals surface area contributed by atoms with Crippen LogP contribution in [0.5, 0.6) is 0 Å². The molecule has 12 heavy (non-hydrogen) atoms. The van der Waals surface area contributed by atoms with Crippen LogP contribution in [0.2, 0.25) is 0 Å². The van der Waals surface area contributed by atoms with Gasteiger partial charge in [-0.25, -0.2) is 0 Å². The van der Waals surface area contributed by atoms with E-state index in [0.717, 1.165) is 25.9 Å². The molecule has 0 aliphatic carbocycles. The molecule has 0 N–H and O–H groups in total. The molecule has 0 aromatic rings. The van der Waals surface area contributed by atoms with Crippen molar-refractivity contribution < 1.29 is 0 Å². The molecular weight excluding hydrogens is 146 g/mol. The summed E-state index contributed by atoms with van der Waals surface area (Å²) in [7, 11) is 0. The number of rotatable bonds is 7. The zero-order valence-corrected chi connectivity index (χ0v) is 8.05. The zero-order valence-electron chi connectivity index (χ0n) is 8.05. The second-order valence-electron chi connectivity index (χ2n) is 2.80. The van der Waals surface area contributed by atoms with E-state index in [1.54, 1.807) is 0 Å². The Morgan fingerprint density at radius 3 is 2.08 bits per heavy atom. The monoisotopic (exact) mass is 165 g/mol. The van der Waals surface area contributed by atoms with Gasteiger partial charge in [0.2, 0.25) is 0 Å². The van der Waals surface area contributed by atoms with Crippen molar-refractivity contribution in [3.63, 3.8) is 0 Å². The molecule has 0 aromatic heterocycles. The third-order valence-corrected chi connectivity index (χ3v) is 1.68. The summed E-state index contributed by atoms with van der Waals surface area (Å²) < 4.78 is 0. The number of nitrogens with zero attached hydrogens (tertiary/aromatic N) is 1. The lowest BCUT2D eigenvalue weighted by Crippen LogP contribution is -2.22. The second-order valence-corrected chi connectivity index (χ2v) is 2.80. The van der Waals surface area contributed by atoms with Gasteiger partial charge in [-0.05, 0) is 6.42 Å². The van der Waals surface area contributed by atoms with E-state index >= 15 is 0 Å². The Bertz CT molecular complexity index is 148. The fraction of sp³-hybridized carbons (Fsp3) is 0.455. The van der Waals surface area contributed by atoms with Gasteiger partial charge in [0.15, 0.2) is 0 Å². The van der Waals surface area contributed by atoms with Crippen LogP contribution < -0.4 is 0 Å². The molecule has 0 saturated carbocycles. The van der Waals surface area contributed by atoms with Crippen molar-refractivity contribution in [2.45, 2.75) is 19.8 Å². The van der Waals surface area contributed by atoms with E-state index in [0.29, 0.717) is 0 Å². The van der Waals surface area contributed by atoms with Crippen LogP contribution in [-0.2, 0) is 0 Å². The summed E-state index contributed by atoms with van der Waals surface area (Å²) in [6.45, 7) is 15.3. The molecule has 0 saturated heterocycles. The van der Waals surface area contributed by atoms with Crippen LogP contribution in [0.15, 0.2) is 37.6 Å². The molecule has 0 heterocycles. The first kappa shape index (κ1) is 11.0. The average Bonchev–Trinajstić information content (AvgIpc) is 2.04. The minimum Gasteiger partial charge on any atom is -0.368 e. The molecule has 0 atom stereocenters. The van der Waals surface area contributed by atoms with E-state index in [4.69, 9.17) is 0 Å². The van der Waals surface area contributed by atoms with Crippen molar-refractivity contribution in [3.8, 4) is 0 Å². The van der Waals surface area contributed by atoms with Crippen molar-refractivity contribution in [1.29, 1.82) is 0 Å². The van der Waals surface area contributed by atoms with Crippen LogP contribution in [0, 0.1) is 0 Å². The SMILES string of the molecule is C=CCN(CC=C)C(=C)CCC. The lowest BCUT2D eigenvalue weighted by Gasteiger charge is -2.23. The Hall–Kier alpha value is -0.980. The molecule has 0 spiro atoms. The third-order valence-electron chi connectivity index (χ3n) is 1.68. The van der Waals surface area contributed by atoms with Crippen LogP contribution in [0.25, 0.3) is 0 Å². The first-order chi connectivity index (χ1) is 5.76. The molecule has 0 bridgehead atoms. The van der Waals surface area contributed by atoms with Gasteiger partial charge < -0.3 is 4.90 Å². The minimum atomic E-state index is 0.866. The van der Waals surface area contributed by atoms with Gasteiger partial charge in [0.1, 0.15) is 0 Å². The molecule has 0 aromatic carbocycles. The van der Waals surface area contributed by atoms with E-state index < -0.39 is 0 Å².